The van der Waals surface area contributed by atoms with Crippen LogP contribution in [-0.2, 0) is 6.54 Å². The molecule has 23 heavy (non-hydrogen) atoms. The Bertz CT molecular complexity index is 640. The van der Waals surface area contributed by atoms with Crippen LogP contribution < -0.4 is 5.32 Å². The van der Waals surface area contributed by atoms with Crippen molar-refractivity contribution in [1.29, 1.82) is 0 Å². The molecule has 2 atom stereocenters. The second-order valence-electron chi connectivity index (χ2n) is 5.63. The lowest BCUT2D eigenvalue weighted by atomic mass is 9.99. The molecule has 1 aromatic heterocycles. The summed E-state index contributed by atoms with van der Waals surface area (Å²) in [4.78, 5) is 6.37. The van der Waals surface area contributed by atoms with Crippen molar-refractivity contribution >= 4 is 11.3 Å². The minimum Gasteiger partial charge on any atom is -0.306 e. The van der Waals surface area contributed by atoms with Crippen LogP contribution in [0.25, 0.3) is 0 Å². The maximum Gasteiger partial charge on any atom is 0.194 e. The topological polar surface area (TPSA) is 28.2 Å². The monoisotopic (exact) mass is 341 g/mol. The molecule has 1 aliphatic rings. The second kappa shape index (κ2) is 6.98. The third-order valence-electron chi connectivity index (χ3n) is 4.28. The summed E-state index contributed by atoms with van der Waals surface area (Å²) in [5.41, 5.74) is 3.18. The molecule has 0 aliphatic carbocycles. The Morgan fingerprint density at radius 3 is 2.65 bits per heavy atom. The van der Waals surface area contributed by atoms with Gasteiger partial charge in [-0.2, -0.15) is 0 Å². The third kappa shape index (κ3) is 3.41. The normalized spacial score (nSPS) is 21.9. The van der Waals surface area contributed by atoms with Gasteiger partial charge in [-0.3, -0.25) is 4.90 Å². The highest BCUT2D eigenvalue weighted by Gasteiger charge is 2.35. The van der Waals surface area contributed by atoms with Crippen LogP contribution in [0.15, 0.2) is 23.0 Å². The van der Waals surface area contributed by atoms with Gasteiger partial charge in [0.1, 0.15) is 0 Å². The van der Waals surface area contributed by atoms with E-state index in [4.69, 9.17) is 0 Å². The van der Waals surface area contributed by atoms with Crippen molar-refractivity contribution in [2.24, 2.45) is 0 Å². The van der Waals surface area contributed by atoms with Gasteiger partial charge >= 0.3 is 0 Å². The quantitative estimate of drug-likeness (QED) is 0.844. The van der Waals surface area contributed by atoms with Crippen LogP contribution >= 0.6 is 11.3 Å². The molecule has 0 unspecified atom stereocenters. The molecule has 124 valence electrons. The van der Waals surface area contributed by atoms with Crippen LogP contribution in [0, 0.1) is 17.5 Å². The van der Waals surface area contributed by atoms with E-state index in [2.05, 4.69) is 15.2 Å². The Kier molecular flexibility index (Phi) is 4.99. The average molecular weight is 341 g/mol. The lowest BCUT2D eigenvalue weighted by Gasteiger charge is -2.28. The molecule has 1 aromatic carbocycles. The highest BCUT2D eigenvalue weighted by atomic mass is 32.1. The SMILES string of the molecule is CCN1CC[C@@H](NCc2cscn2)[C@H]1c1cc(F)c(F)c(F)c1. The Morgan fingerprint density at radius 1 is 1.30 bits per heavy atom. The van der Waals surface area contributed by atoms with Gasteiger partial charge in [-0.05, 0) is 30.7 Å². The first-order valence-electron chi connectivity index (χ1n) is 7.59. The highest BCUT2D eigenvalue weighted by molar-refractivity contribution is 7.07. The van der Waals surface area contributed by atoms with Gasteiger partial charge < -0.3 is 5.32 Å². The van der Waals surface area contributed by atoms with Crippen molar-refractivity contribution < 1.29 is 13.2 Å². The van der Waals surface area contributed by atoms with Crippen molar-refractivity contribution in [3.63, 3.8) is 0 Å². The number of hydrogen-bond donors (Lipinski definition) is 1. The molecule has 3 nitrogen and oxygen atoms in total. The number of aromatic nitrogens is 1. The molecule has 0 amide bonds. The summed E-state index contributed by atoms with van der Waals surface area (Å²) in [6.07, 6.45) is 0.864. The number of nitrogens with one attached hydrogen (secondary N) is 1. The van der Waals surface area contributed by atoms with E-state index in [0.29, 0.717) is 12.1 Å². The van der Waals surface area contributed by atoms with Crippen LogP contribution in [0.3, 0.4) is 0 Å². The number of benzene rings is 1. The number of likely N-dealkylation sites (tertiary alicyclic amines) is 1. The zero-order valence-electron chi connectivity index (χ0n) is 12.7. The Morgan fingerprint density at radius 2 is 2.04 bits per heavy atom. The van der Waals surface area contributed by atoms with Gasteiger partial charge in [0, 0.05) is 24.5 Å². The van der Waals surface area contributed by atoms with Crippen molar-refractivity contribution in [3.05, 3.63) is 51.7 Å². The Labute approximate surface area is 137 Å². The molecule has 0 saturated carbocycles. The van der Waals surface area contributed by atoms with Crippen LogP contribution in [-0.4, -0.2) is 29.0 Å². The fraction of sp³-hybridized carbons (Fsp3) is 0.438. The minimum absolute atomic E-state index is 0.0425. The van der Waals surface area contributed by atoms with Crippen molar-refractivity contribution in [2.45, 2.75) is 32.0 Å². The fourth-order valence-electron chi connectivity index (χ4n) is 3.17. The van der Waals surface area contributed by atoms with E-state index in [1.54, 1.807) is 5.51 Å². The first kappa shape index (κ1) is 16.4. The molecule has 1 aliphatic heterocycles. The third-order valence-corrected chi connectivity index (χ3v) is 4.92. The molecule has 0 spiro atoms. The maximum atomic E-state index is 13.6. The predicted molar refractivity (Wildman–Crippen MR) is 83.7 cm³/mol. The van der Waals surface area contributed by atoms with E-state index in [1.165, 1.54) is 11.3 Å². The van der Waals surface area contributed by atoms with Gasteiger partial charge in [0.2, 0.25) is 0 Å². The molecule has 3 rings (SSSR count). The summed E-state index contributed by atoms with van der Waals surface area (Å²) in [5.74, 6) is -3.69. The van der Waals surface area contributed by atoms with Crippen LogP contribution in [0.2, 0.25) is 0 Å². The van der Waals surface area contributed by atoms with E-state index in [0.717, 1.165) is 37.3 Å². The van der Waals surface area contributed by atoms with E-state index >= 15 is 0 Å². The van der Waals surface area contributed by atoms with Gasteiger partial charge in [-0.25, -0.2) is 18.2 Å². The summed E-state index contributed by atoms with van der Waals surface area (Å²) in [7, 11) is 0. The number of rotatable bonds is 5. The highest BCUT2D eigenvalue weighted by Crippen LogP contribution is 2.33. The van der Waals surface area contributed by atoms with Crippen molar-refractivity contribution in [1.82, 2.24) is 15.2 Å². The van der Waals surface area contributed by atoms with Gasteiger partial charge in [-0.15, -0.1) is 11.3 Å². The van der Waals surface area contributed by atoms with Gasteiger partial charge in [0.05, 0.1) is 17.2 Å². The molecular formula is C16H18F3N3S. The number of likely N-dealkylation sites (N-methyl/N-ethyl adjacent to an activating group) is 1. The zero-order chi connectivity index (χ0) is 16.4. The standard InChI is InChI=1S/C16H18F3N3S/c1-2-22-4-3-14(20-7-11-8-23-9-21-11)16(22)10-5-12(17)15(19)13(18)6-10/h5-6,8-9,14,16,20H,2-4,7H2,1H3/t14-,16-/m1/s1. The molecular weight excluding hydrogens is 323 g/mol. The second-order valence-corrected chi connectivity index (χ2v) is 6.35. The lowest BCUT2D eigenvalue weighted by Crippen LogP contribution is -2.36. The summed E-state index contributed by atoms with van der Waals surface area (Å²) >= 11 is 1.53. The molecule has 0 bridgehead atoms. The summed E-state index contributed by atoms with van der Waals surface area (Å²) in [6.45, 7) is 4.21. The smallest absolute Gasteiger partial charge is 0.194 e. The minimum atomic E-state index is -1.42. The summed E-state index contributed by atoms with van der Waals surface area (Å²) in [6, 6.07) is 2.08. The number of nitrogens with zero attached hydrogens (tertiary/aromatic N) is 2. The summed E-state index contributed by atoms with van der Waals surface area (Å²) in [5, 5.41) is 5.38. The summed E-state index contributed by atoms with van der Waals surface area (Å²) < 4.78 is 40.4. The molecule has 1 N–H and O–H groups in total. The molecule has 2 aromatic rings. The van der Waals surface area contributed by atoms with Crippen LogP contribution in [0.4, 0.5) is 13.2 Å². The van der Waals surface area contributed by atoms with E-state index in [-0.39, 0.29) is 12.1 Å². The maximum absolute atomic E-state index is 13.6. The van der Waals surface area contributed by atoms with E-state index in [1.807, 2.05) is 12.3 Å². The van der Waals surface area contributed by atoms with Crippen LogP contribution in [0.5, 0.6) is 0 Å². The van der Waals surface area contributed by atoms with E-state index in [9.17, 15) is 13.2 Å². The molecule has 2 heterocycles. The van der Waals surface area contributed by atoms with Crippen molar-refractivity contribution in [3.8, 4) is 0 Å². The largest absolute Gasteiger partial charge is 0.306 e. The number of halogens is 3. The Balaban J connectivity index is 1.82. The number of hydrogen-bond acceptors (Lipinski definition) is 4. The zero-order valence-corrected chi connectivity index (χ0v) is 13.5. The number of thiazole rings is 1. The van der Waals surface area contributed by atoms with E-state index < -0.39 is 17.5 Å². The first-order chi connectivity index (χ1) is 11.1. The van der Waals surface area contributed by atoms with Gasteiger partial charge in [-0.1, -0.05) is 6.92 Å². The van der Waals surface area contributed by atoms with Gasteiger partial charge in [0.25, 0.3) is 0 Å². The van der Waals surface area contributed by atoms with Gasteiger partial charge in [0.15, 0.2) is 17.5 Å². The molecule has 1 fully saturated rings. The van der Waals surface area contributed by atoms with Crippen LogP contribution in [0.1, 0.15) is 30.6 Å². The average Bonchev–Trinajstić information content (AvgIpc) is 3.18. The Hall–Kier alpha value is -1.44. The molecule has 7 heteroatoms. The van der Waals surface area contributed by atoms with Crippen molar-refractivity contribution in [2.75, 3.05) is 13.1 Å². The first-order valence-corrected chi connectivity index (χ1v) is 8.53. The predicted octanol–water partition coefficient (Wildman–Crippen LogP) is 3.49. The lowest BCUT2D eigenvalue weighted by molar-refractivity contribution is 0.246. The molecule has 1 saturated heterocycles. The fourth-order valence-corrected chi connectivity index (χ4v) is 3.73. The molecule has 0 radical (unpaired) electrons.